The molecule has 0 aromatic heterocycles. The predicted molar refractivity (Wildman–Crippen MR) is 68.0 cm³/mol. The molecule has 0 saturated carbocycles. The number of carbonyl (C=O) groups is 1. The number of hydrogen-bond acceptors (Lipinski definition) is 2. The molecule has 0 amide bonds. The summed E-state index contributed by atoms with van der Waals surface area (Å²) < 4.78 is 38.9. The van der Waals surface area contributed by atoms with E-state index in [0.29, 0.717) is 17.7 Å². The summed E-state index contributed by atoms with van der Waals surface area (Å²) in [5.74, 6) is -4.87. The molecule has 2 rings (SSSR count). The predicted octanol–water partition coefficient (Wildman–Crippen LogP) is 4.06. The van der Waals surface area contributed by atoms with Gasteiger partial charge < -0.3 is 0 Å². The van der Waals surface area contributed by atoms with Gasteiger partial charge in [-0.3, -0.25) is 4.79 Å². The Hall–Kier alpha value is -1.75. The molecule has 2 aromatic carbocycles. The monoisotopic (exact) mass is 282 g/mol. The second-order valence-electron chi connectivity index (χ2n) is 3.81. The smallest absolute Gasteiger partial charge is 0.194 e. The highest BCUT2D eigenvalue weighted by Gasteiger charge is 2.16. The van der Waals surface area contributed by atoms with E-state index in [-0.39, 0.29) is 5.56 Å². The van der Waals surface area contributed by atoms with E-state index in [1.165, 1.54) is 11.8 Å². The van der Waals surface area contributed by atoms with Crippen LogP contribution in [0.3, 0.4) is 0 Å². The van der Waals surface area contributed by atoms with Gasteiger partial charge in [-0.2, -0.15) is 0 Å². The first-order valence-electron chi connectivity index (χ1n) is 5.36. The summed E-state index contributed by atoms with van der Waals surface area (Å²) in [5.41, 5.74) is 0.0801. The van der Waals surface area contributed by atoms with E-state index in [9.17, 15) is 18.0 Å². The van der Waals surface area contributed by atoms with Crippen LogP contribution in [-0.4, -0.2) is 12.0 Å². The molecule has 0 aliphatic heterocycles. The Balaban J connectivity index is 2.38. The molecule has 2 aromatic rings. The van der Waals surface area contributed by atoms with Crippen LogP contribution in [0.1, 0.15) is 15.9 Å². The molecule has 1 nitrogen and oxygen atoms in total. The summed E-state index contributed by atoms with van der Waals surface area (Å²) in [4.78, 5) is 13.0. The lowest BCUT2D eigenvalue weighted by molar-refractivity contribution is 0.103. The van der Waals surface area contributed by atoms with Crippen LogP contribution in [0.4, 0.5) is 13.2 Å². The van der Waals surface area contributed by atoms with Crippen LogP contribution in [-0.2, 0) is 0 Å². The maximum atomic E-state index is 13.1. The summed E-state index contributed by atoms with van der Waals surface area (Å²) in [5, 5.41) is 0. The van der Waals surface area contributed by atoms with Crippen LogP contribution in [0, 0.1) is 17.5 Å². The molecule has 98 valence electrons. The van der Waals surface area contributed by atoms with E-state index in [1.54, 1.807) is 24.3 Å². The Morgan fingerprint density at radius 2 is 1.47 bits per heavy atom. The first-order chi connectivity index (χ1) is 9.02. The van der Waals surface area contributed by atoms with Crippen molar-refractivity contribution in [3.63, 3.8) is 0 Å². The lowest BCUT2D eigenvalue weighted by Crippen LogP contribution is -2.04. The minimum absolute atomic E-state index is 0.215. The van der Waals surface area contributed by atoms with E-state index < -0.39 is 23.2 Å². The van der Waals surface area contributed by atoms with Crippen molar-refractivity contribution in [1.82, 2.24) is 0 Å². The van der Waals surface area contributed by atoms with Crippen molar-refractivity contribution in [2.75, 3.05) is 6.26 Å². The average molecular weight is 282 g/mol. The van der Waals surface area contributed by atoms with Gasteiger partial charge in [-0.05, 0) is 42.7 Å². The fourth-order valence-electron chi connectivity index (χ4n) is 1.60. The van der Waals surface area contributed by atoms with E-state index in [2.05, 4.69) is 0 Å². The highest BCUT2D eigenvalue weighted by atomic mass is 32.2. The van der Waals surface area contributed by atoms with Crippen molar-refractivity contribution in [2.45, 2.75) is 4.90 Å². The van der Waals surface area contributed by atoms with Crippen molar-refractivity contribution < 1.29 is 18.0 Å². The zero-order chi connectivity index (χ0) is 14.0. The van der Waals surface area contributed by atoms with Gasteiger partial charge >= 0.3 is 0 Å². The molecule has 0 atom stereocenters. The summed E-state index contributed by atoms with van der Waals surface area (Å²) in [6.07, 6.45) is 1.89. The van der Waals surface area contributed by atoms with E-state index >= 15 is 0 Å². The molecule has 0 aliphatic rings. The van der Waals surface area contributed by atoms with Crippen LogP contribution >= 0.6 is 11.8 Å². The van der Waals surface area contributed by atoms with Crippen molar-refractivity contribution in [3.8, 4) is 0 Å². The molecule has 0 spiro atoms. The SMILES string of the molecule is CSc1ccc(C(=O)c2cc(F)c(F)c(F)c2)cc1. The highest BCUT2D eigenvalue weighted by molar-refractivity contribution is 7.98. The number of ketones is 1. The van der Waals surface area contributed by atoms with Gasteiger partial charge in [0.25, 0.3) is 0 Å². The number of rotatable bonds is 3. The molecule has 0 heterocycles. The Kier molecular flexibility index (Phi) is 3.95. The third kappa shape index (κ3) is 2.81. The zero-order valence-electron chi connectivity index (χ0n) is 9.91. The summed E-state index contributed by atoms with van der Waals surface area (Å²) in [7, 11) is 0. The molecule has 0 unspecified atom stereocenters. The maximum Gasteiger partial charge on any atom is 0.194 e. The molecule has 0 aliphatic carbocycles. The molecule has 0 saturated heterocycles. The molecule has 0 bridgehead atoms. The van der Waals surface area contributed by atoms with Crippen LogP contribution in [0.25, 0.3) is 0 Å². The van der Waals surface area contributed by atoms with Gasteiger partial charge in [-0.1, -0.05) is 0 Å². The van der Waals surface area contributed by atoms with Gasteiger partial charge in [0.2, 0.25) is 0 Å². The topological polar surface area (TPSA) is 17.1 Å². The number of carbonyl (C=O) groups excluding carboxylic acids is 1. The first kappa shape index (κ1) is 13.7. The maximum absolute atomic E-state index is 13.1. The van der Waals surface area contributed by atoms with Crippen LogP contribution in [0.5, 0.6) is 0 Å². The zero-order valence-corrected chi connectivity index (χ0v) is 10.7. The lowest BCUT2D eigenvalue weighted by atomic mass is 10.0. The van der Waals surface area contributed by atoms with E-state index in [4.69, 9.17) is 0 Å². The number of thioether (sulfide) groups is 1. The Bertz CT molecular complexity index is 600. The molecule has 0 N–H and O–H groups in total. The molecular weight excluding hydrogens is 273 g/mol. The van der Waals surface area contributed by atoms with Crippen molar-refractivity contribution in [2.24, 2.45) is 0 Å². The van der Waals surface area contributed by atoms with Gasteiger partial charge in [0.15, 0.2) is 23.2 Å². The minimum atomic E-state index is -1.57. The number of hydrogen-bond donors (Lipinski definition) is 0. The summed E-state index contributed by atoms with van der Waals surface area (Å²) >= 11 is 1.51. The summed E-state index contributed by atoms with van der Waals surface area (Å²) in [6.45, 7) is 0. The fourth-order valence-corrected chi connectivity index (χ4v) is 2.00. The van der Waals surface area contributed by atoms with Gasteiger partial charge in [0.05, 0.1) is 0 Å². The van der Waals surface area contributed by atoms with Gasteiger partial charge in [-0.25, -0.2) is 13.2 Å². The quantitative estimate of drug-likeness (QED) is 0.480. The van der Waals surface area contributed by atoms with Crippen molar-refractivity contribution in [3.05, 3.63) is 65.0 Å². The standard InChI is InChI=1S/C14H9F3OS/c1-19-10-4-2-8(3-5-10)14(18)9-6-11(15)13(17)12(16)7-9/h2-7H,1H3. The molecule has 0 fully saturated rings. The Labute approximate surface area is 112 Å². The van der Waals surface area contributed by atoms with E-state index in [0.717, 1.165) is 4.90 Å². The van der Waals surface area contributed by atoms with Gasteiger partial charge in [0, 0.05) is 16.0 Å². The summed E-state index contributed by atoms with van der Waals surface area (Å²) in [6, 6.07) is 7.98. The number of halogens is 3. The van der Waals surface area contributed by atoms with Crippen molar-refractivity contribution in [1.29, 1.82) is 0 Å². The molecule has 5 heteroatoms. The third-order valence-electron chi connectivity index (χ3n) is 2.60. The average Bonchev–Trinajstić information content (AvgIpc) is 2.43. The highest BCUT2D eigenvalue weighted by Crippen LogP contribution is 2.19. The third-order valence-corrected chi connectivity index (χ3v) is 3.34. The van der Waals surface area contributed by atoms with Crippen LogP contribution < -0.4 is 0 Å². The Morgan fingerprint density at radius 3 is 1.95 bits per heavy atom. The Morgan fingerprint density at radius 1 is 0.947 bits per heavy atom. The minimum Gasteiger partial charge on any atom is -0.289 e. The second-order valence-corrected chi connectivity index (χ2v) is 4.69. The lowest BCUT2D eigenvalue weighted by Gasteiger charge is -2.04. The number of benzene rings is 2. The first-order valence-corrected chi connectivity index (χ1v) is 6.58. The largest absolute Gasteiger partial charge is 0.289 e. The molecule has 0 radical (unpaired) electrons. The molecule has 19 heavy (non-hydrogen) atoms. The van der Waals surface area contributed by atoms with Crippen molar-refractivity contribution >= 4 is 17.5 Å². The van der Waals surface area contributed by atoms with Gasteiger partial charge in [0.1, 0.15) is 0 Å². The van der Waals surface area contributed by atoms with Gasteiger partial charge in [-0.15, -0.1) is 11.8 Å². The normalized spacial score (nSPS) is 10.5. The fraction of sp³-hybridized carbons (Fsp3) is 0.0714. The molecular formula is C14H9F3OS. The van der Waals surface area contributed by atoms with Crippen LogP contribution in [0.2, 0.25) is 0 Å². The van der Waals surface area contributed by atoms with E-state index in [1.807, 2.05) is 6.26 Å². The van der Waals surface area contributed by atoms with Crippen LogP contribution in [0.15, 0.2) is 41.3 Å². The second kappa shape index (κ2) is 5.48.